The van der Waals surface area contributed by atoms with Gasteiger partial charge in [0.1, 0.15) is 12.7 Å². The van der Waals surface area contributed by atoms with E-state index in [0.717, 1.165) is 42.0 Å². The molecule has 1 fully saturated rings. The Balaban J connectivity index is 1.89. The lowest BCUT2D eigenvalue weighted by atomic mass is 9.91. The summed E-state index contributed by atoms with van der Waals surface area (Å²) < 4.78 is 0. The molecule has 0 radical (unpaired) electrons. The molecule has 0 aliphatic heterocycles. The molecule has 1 aromatic carbocycles. The minimum atomic E-state index is -0.562. The molecule has 2 N–H and O–H groups in total. The number of halogens is 1. The van der Waals surface area contributed by atoms with Crippen LogP contribution in [-0.2, 0) is 4.84 Å². The van der Waals surface area contributed by atoms with Crippen LogP contribution < -0.4 is 5.32 Å². The highest BCUT2D eigenvalue weighted by molar-refractivity contribution is 6.30. The number of aliphatic hydroxyl groups is 1. The minimum Gasteiger partial charge on any atom is -0.393 e. The first kappa shape index (κ1) is 20.9. The van der Waals surface area contributed by atoms with E-state index in [1.165, 1.54) is 5.57 Å². The third-order valence-electron chi connectivity index (χ3n) is 4.81. The van der Waals surface area contributed by atoms with Crippen molar-refractivity contribution in [3.8, 4) is 0 Å². The summed E-state index contributed by atoms with van der Waals surface area (Å²) in [4.78, 5) is 5.45. The maximum Gasteiger partial charge on any atom is 0.144 e. The Morgan fingerprint density at radius 2 is 1.88 bits per heavy atom. The predicted molar refractivity (Wildman–Crippen MR) is 110 cm³/mol. The average Bonchev–Trinajstić information content (AvgIpc) is 2.63. The number of rotatable bonds is 8. The molecule has 1 aliphatic carbocycles. The van der Waals surface area contributed by atoms with Gasteiger partial charge < -0.3 is 15.3 Å². The van der Waals surface area contributed by atoms with Crippen LogP contribution in [0.15, 0.2) is 35.0 Å². The van der Waals surface area contributed by atoms with Gasteiger partial charge in [-0.2, -0.15) is 0 Å². The van der Waals surface area contributed by atoms with Gasteiger partial charge in [-0.15, -0.1) is 0 Å². The molecular weight excluding hydrogens is 348 g/mol. The predicted octanol–water partition coefficient (Wildman–Crippen LogP) is 4.67. The number of allylic oxidation sites excluding steroid dienone is 1. The Labute approximate surface area is 162 Å². The fourth-order valence-electron chi connectivity index (χ4n) is 2.75. The van der Waals surface area contributed by atoms with Gasteiger partial charge in [-0.1, -0.05) is 42.7 Å². The zero-order valence-electron chi connectivity index (χ0n) is 16.0. The first-order valence-electron chi connectivity index (χ1n) is 9.52. The third-order valence-corrected chi connectivity index (χ3v) is 5.06. The number of aliphatic hydroxyl groups excluding tert-OH is 1. The number of nitrogens with zero attached hydrogens (tertiary/aromatic N) is 1. The van der Waals surface area contributed by atoms with Crippen LogP contribution in [0.25, 0.3) is 6.08 Å². The molecule has 26 heavy (non-hydrogen) atoms. The zero-order valence-corrected chi connectivity index (χ0v) is 16.8. The molecule has 0 spiro atoms. The normalized spacial score (nSPS) is 20.5. The van der Waals surface area contributed by atoms with Crippen molar-refractivity contribution in [2.75, 3.05) is 13.2 Å². The monoisotopic (exact) mass is 378 g/mol. The lowest BCUT2D eigenvalue weighted by Crippen LogP contribution is -2.38. The Bertz CT molecular complexity index is 611. The minimum absolute atomic E-state index is 0.204. The molecule has 2 atom stereocenters. The molecule has 1 aliphatic rings. The molecule has 0 amide bonds. The highest BCUT2D eigenvalue weighted by atomic mass is 35.5. The van der Waals surface area contributed by atoms with Gasteiger partial charge in [-0.05, 0) is 67.9 Å². The Morgan fingerprint density at radius 3 is 2.58 bits per heavy atom. The second kappa shape index (κ2) is 10.7. The van der Waals surface area contributed by atoms with Gasteiger partial charge in [-0.25, -0.2) is 0 Å². The van der Waals surface area contributed by atoms with Crippen molar-refractivity contribution in [1.29, 1.82) is 0 Å². The molecule has 5 heteroatoms. The Hall–Kier alpha value is -1.36. The van der Waals surface area contributed by atoms with E-state index < -0.39 is 6.10 Å². The largest absolute Gasteiger partial charge is 0.393 e. The van der Waals surface area contributed by atoms with E-state index in [2.05, 4.69) is 37.3 Å². The summed E-state index contributed by atoms with van der Waals surface area (Å²) in [6.45, 7) is 7.15. The van der Waals surface area contributed by atoms with Gasteiger partial charge in [0.25, 0.3) is 0 Å². The molecule has 1 aromatic rings. The molecule has 4 nitrogen and oxygen atoms in total. The van der Waals surface area contributed by atoms with Crippen LogP contribution in [-0.4, -0.2) is 36.1 Å². The lowest BCUT2D eigenvalue weighted by Gasteiger charge is -2.20. The summed E-state index contributed by atoms with van der Waals surface area (Å²) >= 11 is 5.95. The first-order valence-corrected chi connectivity index (χ1v) is 9.90. The average molecular weight is 379 g/mol. The van der Waals surface area contributed by atoms with E-state index in [-0.39, 0.29) is 6.61 Å². The van der Waals surface area contributed by atoms with Crippen LogP contribution in [0.2, 0.25) is 5.02 Å². The van der Waals surface area contributed by atoms with Crippen molar-refractivity contribution in [2.45, 2.75) is 58.6 Å². The van der Waals surface area contributed by atoms with Crippen molar-refractivity contribution in [2.24, 2.45) is 11.1 Å². The zero-order chi connectivity index (χ0) is 18.9. The lowest BCUT2D eigenvalue weighted by molar-refractivity contribution is 0.0381. The summed E-state index contributed by atoms with van der Waals surface area (Å²) in [5, 5.41) is 18.4. The van der Waals surface area contributed by atoms with E-state index >= 15 is 0 Å². The van der Waals surface area contributed by atoms with Crippen molar-refractivity contribution >= 4 is 23.4 Å². The standard InChI is InChI=1S/C21H31ClN2O2/c1-15(2)16(3)23-13-20(25)14-26-24-21-7-5-4-6-18(21)12-17-8-10-19(22)11-9-17/h8-12,15-16,20,23,25H,4-7,13-14H2,1-3H3/b18-12+,24-21+/t16-,20+/m1/s1. The number of oxime groups is 1. The van der Waals surface area contributed by atoms with E-state index in [0.29, 0.717) is 18.5 Å². The fourth-order valence-corrected chi connectivity index (χ4v) is 2.88. The molecule has 144 valence electrons. The van der Waals surface area contributed by atoms with Crippen LogP contribution in [0.3, 0.4) is 0 Å². The second-order valence-electron chi connectivity index (χ2n) is 7.36. The van der Waals surface area contributed by atoms with E-state index in [4.69, 9.17) is 16.4 Å². The number of nitrogens with one attached hydrogen (secondary N) is 1. The molecule has 0 bridgehead atoms. The van der Waals surface area contributed by atoms with Crippen LogP contribution in [0, 0.1) is 5.92 Å². The van der Waals surface area contributed by atoms with Crippen molar-refractivity contribution in [1.82, 2.24) is 5.32 Å². The van der Waals surface area contributed by atoms with Crippen LogP contribution >= 0.6 is 11.6 Å². The molecule has 0 unspecified atom stereocenters. The quantitative estimate of drug-likeness (QED) is 0.646. The van der Waals surface area contributed by atoms with Gasteiger partial charge >= 0.3 is 0 Å². The molecule has 0 saturated heterocycles. The summed E-state index contributed by atoms with van der Waals surface area (Å²) in [5.74, 6) is 0.533. The number of benzene rings is 1. The number of hydrogen-bond donors (Lipinski definition) is 2. The molecular formula is C21H31ClN2O2. The molecule has 2 rings (SSSR count). The van der Waals surface area contributed by atoms with Crippen LogP contribution in [0.5, 0.6) is 0 Å². The smallest absolute Gasteiger partial charge is 0.144 e. The van der Waals surface area contributed by atoms with Crippen molar-refractivity contribution < 1.29 is 9.94 Å². The summed E-state index contributed by atoms with van der Waals surface area (Å²) in [7, 11) is 0. The highest BCUT2D eigenvalue weighted by Crippen LogP contribution is 2.24. The first-order chi connectivity index (χ1) is 12.5. The Morgan fingerprint density at radius 1 is 1.19 bits per heavy atom. The van der Waals surface area contributed by atoms with Crippen LogP contribution in [0.4, 0.5) is 0 Å². The summed E-state index contributed by atoms with van der Waals surface area (Å²) in [6, 6.07) is 8.17. The van der Waals surface area contributed by atoms with Gasteiger partial charge in [0.05, 0.1) is 5.71 Å². The van der Waals surface area contributed by atoms with E-state index in [9.17, 15) is 5.11 Å². The fraction of sp³-hybridized carbons (Fsp3) is 0.571. The highest BCUT2D eigenvalue weighted by Gasteiger charge is 2.15. The van der Waals surface area contributed by atoms with E-state index in [1.54, 1.807) is 0 Å². The maximum absolute atomic E-state index is 10.1. The Kier molecular flexibility index (Phi) is 8.63. The van der Waals surface area contributed by atoms with Crippen LogP contribution in [0.1, 0.15) is 52.0 Å². The van der Waals surface area contributed by atoms with E-state index in [1.807, 2.05) is 24.3 Å². The number of hydrogen-bond acceptors (Lipinski definition) is 4. The van der Waals surface area contributed by atoms with Gasteiger partial charge in [0, 0.05) is 17.6 Å². The maximum atomic E-state index is 10.1. The van der Waals surface area contributed by atoms with Gasteiger partial charge in [0.2, 0.25) is 0 Å². The van der Waals surface area contributed by atoms with Crippen molar-refractivity contribution in [3.05, 3.63) is 40.4 Å². The summed E-state index contributed by atoms with van der Waals surface area (Å²) in [6.07, 6.45) is 5.79. The molecule has 1 saturated carbocycles. The van der Waals surface area contributed by atoms with Crippen molar-refractivity contribution in [3.63, 3.8) is 0 Å². The summed E-state index contributed by atoms with van der Waals surface area (Å²) in [5.41, 5.74) is 3.31. The third kappa shape index (κ3) is 7.10. The second-order valence-corrected chi connectivity index (χ2v) is 7.79. The molecule has 0 heterocycles. The van der Waals surface area contributed by atoms with Gasteiger partial charge in [-0.3, -0.25) is 0 Å². The van der Waals surface area contributed by atoms with Gasteiger partial charge in [0.15, 0.2) is 0 Å². The topological polar surface area (TPSA) is 53.8 Å². The molecule has 0 aromatic heterocycles. The SMILES string of the molecule is CC(C)[C@@H](C)NC[C@H](O)CO/N=C1\CCCC\C1=C/c1ccc(Cl)cc1.